The fourth-order valence-corrected chi connectivity index (χ4v) is 3.63. The van der Waals surface area contributed by atoms with Crippen LogP contribution in [0, 0.1) is 5.92 Å². The second-order valence-electron chi connectivity index (χ2n) is 8.07. The van der Waals surface area contributed by atoms with Gasteiger partial charge in [-0.3, -0.25) is 19.2 Å². The van der Waals surface area contributed by atoms with Crippen molar-refractivity contribution in [2.75, 3.05) is 7.11 Å². The molecule has 0 aromatic carbocycles. The lowest BCUT2D eigenvalue weighted by Gasteiger charge is -2.44. The molecule has 1 fully saturated rings. The number of esters is 3. The first-order valence-electron chi connectivity index (χ1n) is 11.7. The van der Waals surface area contributed by atoms with E-state index >= 15 is 0 Å². The molecule has 0 aromatic heterocycles. The Morgan fingerprint density at radius 2 is 1.24 bits per heavy atom. The first kappa shape index (κ1) is 28.8. The van der Waals surface area contributed by atoms with Gasteiger partial charge in [0.2, 0.25) is 0 Å². The Morgan fingerprint density at radius 1 is 0.788 bits per heavy atom. The molecule has 0 radical (unpaired) electrons. The normalized spacial score (nSPS) is 25.7. The van der Waals surface area contributed by atoms with Gasteiger partial charge in [0.05, 0.1) is 5.92 Å². The molecule has 33 heavy (non-hydrogen) atoms. The number of carboxylic acids is 1. The van der Waals surface area contributed by atoms with Gasteiger partial charge in [0.25, 0.3) is 0 Å². The van der Waals surface area contributed by atoms with Crippen molar-refractivity contribution in [3.63, 3.8) is 0 Å². The zero-order chi connectivity index (χ0) is 25.0. The Balaban J connectivity index is 3.39. The summed E-state index contributed by atoms with van der Waals surface area (Å²) in [6.07, 6.45) is -3.38. The van der Waals surface area contributed by atoms with Gasteiger partial charge in [-0.15, -0.1) is 0 Å². The molecule has 6 atom stereocenters. The van der Waals surface area contributed by atoms with Crippen LogP contribution in [0.15, 0.2) is 0 Å². The smallest absolute Gasteiger partial charge is 0.306 e. The summed E-state index contributed by atoms with van der Waals surface area (Å²) in [5.74, 6) is -3.46. The van der Waals surface area contributed by atoms with Crippen molar-refractivity contribution in [2.24, 2.45) is 5.92 Å². The fourth-order valence-electron chi connectivity index (χ4n) is 3.63. The van der Waals surface area contributed by atoms with Crippen LogP contribution in [0.2, 0.25) is 0 Å². The van der Waals surface area contributed by atoms with E-state index in [4.69, 9.17) is 23.7 Å². The van der Waals surface area contributed by atoms with Crippen LogP contribution in [0.25, 0.3) is 0 Å². The lowest BCUT2D eigenvalue weighted by molar-refractivity contribution is -0.301. The summed E-state index contributed by atoms with van der Waals surface area (Å²) >= 11 is 0. The third-order valence-corrected chi connectivity index (χ3v) is 5.35. The number of ether oxygens (including phenoxy) is 5. The molecule has 1 rings (SSSR count). The van der Waals surface area contributed by atoms with E-state index in [0.29, 0.717) is 25.7 Å². The maximum absolute atomic E-state index is 12.4. The van der Waals surface area contributed by atoms with Crippen molar-refractivity contribution in [3.8, 4) is 0 Å². The summed E-state index contributed by atoms with van der Waals surface area (Å²) in [7, 11) is 1.34. The molecule has 0 aromatic rings. The summed E-state index contributed by atoms with van der Waals surface area (Å²) in [5.41, 5.74) is 0. The van der Waals surface area contributed by atoms with E-state index in [1.54, 1.807) is 6.92 Å². The minimum absolute atomic E-state index is 0.00673. The average molecular weight is 475 g/mol. The minimum atomic E-state index is -1.21. The molecular weight excluding hydrogens is 436 g/mol. The zero-order valence-corrected chi connectivity index (χ0v) is 20.2. The second kappa shape index (κ2) is 14.8. The van der Waals surface area contributed by atoms with Crippen molar-refractivity contribution in [1.82, 2.24) is 0 Å². The number of carbonyl (C=O) groups excluding carboxylic acids is 3. The van der Waals surface area contributed by atoms with Gasteiger partial charge >= 0.3 is 23.9 Å². The quantitative estimate of drug-likeness (QED) is 0.296. The highest BCUT2D eigenvalue weighted by Crippen LogP contribution is 2.33. The molecular formula is C23H38O10. The number of carbonyl (C=O) groups is 4. The highest BCUT2D eigenvalue weighted by molar-refractivity contribution is 5.72. The van der Waals surface area contributed by atoms with Crippen LogP contribution < -0.4 is 0 Å². The van der Waals surface area contributed by atoms with Crippen LogP contribution >= 0.6 is 0 Å². The van der Waals surface area contributed by atoms with Gasteiger partial charge in [-0.05, 0) is 32.1 Å². The Kier molecular flexibility index (Phi) is 13.0. The third kappa shape index (κ3) is 8.92. The number of rotatable bonds is 14. The summed E-state index contributed by atoms with van der Waals surface area (Å²) in [4.78, 5) is 48.8. The highest BCUT2D eigenvalue weighted by atomic mass is 16.7. The zero-order valence-electron chi connectivity index (χ0n) is 20.2. The lowest BCUT2D eigenvalue weighted by atomic mass is 9.89. The number of hydrogen-bond acceptors (Lipinski definition) is 9. The first-order valence-corrected chi connectivity index (χ1v) is 11.7. The van der Waals surface area contributed by atoms with E-state index in [2.05, 4.69) is 0 Å². The van der Waals surface area contributed by atoms with Crippen LogP contribution in [0.1, 0.15) is 79.1 Å². The molecule has 1 aliphatic rings. The first-order chi connectivity index (χ1) is 15.7. The van der Waals surface area contributed by atoms with Crippen LogP contribution in [0.4, 0.5) is 0 Å². The predicted octanol–water partition coefficient (Wildman–Crippen LogP) is 2.99. The SMILES string of the molecule is CCCC(=O)O[C@H]1[C@@H](OC(=O)CCC)[C@@H](CC(CC)C(=O)O)O[C@@H](OC)[C@@H]1OC(=O)CCC. The van der Waals surface area contributed by atoms with E-state index in [1.165, 1.54) is 7.11 Å². The van der Waals surface area contributed by atoms with Gasteiger partial charge in [0, 0.05) is 26.4 Å². The molecule has 0 bridgehead atoms. The second-order valence-corrected chi connectivity index (χ2v) is 8.07. The van der Waals surface area contributed by atoms with Crippen molar-refractivity contribution >= 4 is 23.9 Å². The van der Waals surface area contributed by atoms with E-state index in [0.717, 1.165) is 0 Å². The maximum atomic E-state index is 12.4. The maximum Gasteiger partial charge on any atom is 0.306 e. The van der Waals surface area contributed by atoms with Gasteiger partial charge in [0.15, 0.2) is 24.6 Å². The molecule has 190 valence electrons. The van der Waals surface area contributed by atoms with E-state index in [9.17, 15) is 24.3 Å². The Morgan fingerprint density at radius 3 is 1.64 bits per heavy atom. The minimum Gasteiger partial charge on any atom is -0.481 e. The lowest BCUT2D eigenvalue weighted by Crippen LogP contribution is -2.62. The van der Waals surface area contributed by atoms with Gasteiger partial charge in [-0.2, -0.15) is 0 Å². The molecule has 0 aliphatic carbocycles. The third-order valence-electron chi connectivity index (χ3n) is 5.35. The van der Waals surface area contributed by atoms with Crippen LogP contribution in [0.5, 0.6) is 0 Å². The number of aliphatic carboxylic acids is 1. The van der Waals surface area contributed by atoms with E-state index in [1.807, 2.05) is 20.8 Å². The number of hydrogen-bond donors (Lipinski definition) is 1. The van der Waals surface area contributed by atoms with Gasteiger partial charge in [-0.25, -0.2) is 0 Å². The highest BCUT2D eigenvalue weighted by Gasteiger charge is 2.53. The Bertz CT molecular complexity index is 649. The fraction of sp³-hybridized carbons (Fsp3) is 0.826. The van der Waals surface area contributed by atoms with Crippen LogP contribution in [0.3, 0.4) is 0 Å². The van der Waals surface area contributed by atoms with Gasteiger partial charge in [0.1, 0.15) is 6.10 Å². The summed E-state index contributed by atoms with van der Waals surface area (Å²) in [6.45, 7) is 7.15. The Hall–Kier alpha value is -2.20. The summed E-state index contributed by atoms with van der Waals surface area (Å²) in [5, 5.41) is 9.54. The van der Waals surface area contributed by atoms with E-state index < -0.39 is 60.5 Å². The van der Waals surface area contributed by atoms with Crippen molar-refractivity contribution in [3.05, 3.63) is 0 Å². The van der Waals surface area contributed by atoms with Gasteiger partial charge < -0.3 is 28.8 Å². The molecule has 1 saturated heterocycles. The molecule has 0 amide bonds. The predicted molar refractivity (Wildman–Crippen MR) is 116 cm³/mol. The number of methoxy groups -OCH3 is 1. The summed E-state index contributed by atoms with van der Waals surface area (Å²) in [6, 6.07) is 0. The molecule has 10 heteroatoms. The summed E-state index contributed by atoms with van der Waals surface area (Å²) < 4.78 is 28.2. The standard InChI is InChI=1S/C23H38O10/c1-6-10-16(24)31-19-15(13-14(9-4)22(27)28)30-23(29-5)21(33-18(26)12-8-3)20(19)32-17(25)11-7-2/h14-15,19-21,23H,6-13H2,1-5H3,(H,27,28)/t14?,15-,19+,20+,21-,23-/m1/s1. The molecule has 0 saturated carbocycles. The molecule has 0 spiro atoms. The molecule has 10 nitrogen and oxygen atoms in total. The van der Waals surface area contributed by atoms with Crippen molar-refractivity contribution < 1.29 is 48.0 Å². The average Bonchev–Trinajstić information content (AvgIpc) is 2.75. The Labute approximate surface area is 195 Å². The molecule has 1 N–H and O–H groups in total. The van der Waals surface area contributed by atoms with Gasteiger partial charge in [-0.1, -0.05) is 27.7 Å². The van der Waals surface area contributed by atoms with Crippen LogP contribution in [-0.2, 0) is 42.9 Å². The van der Waals surface area contributed by atoms with Crippen LogP contribution in [-0.4, -0.2) is 66.8 Å². The van der Waals surface area contributed by atoms with Crippen molar-refractivity contribution in [1.29, 1.82) is 0 Å². The number of carboxylic acid groups (broad SMARTS) is 1. The molecule has 1 unspecified atom stereocenters. The topological polar surface area (TPSA) is 135 Å². The van der Waals surface area contributed by atoms with Crippen molar-refractivity contribution in [2.45, 2.75) is 110 Å². The molecule has 1 heterocycles. The van der Waals surface area contributed by atoms with E-state index in [-0.39, 0.29) is 25.7 Å². The molecule has 1 aliphatic heterocycles. The monoisotopic (exact) mass is 474 g/mol. The largest absolute Gasteiger partial charge is 0.481 e.